The van der Waals surface area contributed by atoms with Crippen molar-refractivity contribution < 1.29 is 0 Å². The lowest BCUT2D eigenvalue weighted by molar-refractivity contribution is 0.662. The number of halogens is 3. The predicted molar refractivity (Wildman–Crippen MR) is 66.9 cm³/mol. The molecule has 0 amide bonds. The minimum atomic E-state index is 0.0877. The number of hydrogen-bond acceptors (Lipinski definition) is 0. The Balaban J connectivity index is 2.13. The largest absolute Gasteiger partial charge is 0.118 e. The average Bonchev–Trinajstić information content (AvgIpc) is 3.00. The molecule has 0 N–H and O–H groups in total. The molecule has 0 bridgehead atoms. The second-order valence-electron chi connectivity index (χ2n) is 4.14. The van der Waals surface area contributed by atoms with E-state index in [4.69, 9.17) is 34.8 Å². The molecule has 3 atom stereocenters. The lowest BCUT2D eigenvalue weighted by Gasteiger charge is -2.10. The van der Waals surface area contributed by atoms with E-state index in [-0.39, 0.29) is 5.38 Å². The molecule has 15 heavy (non-hydrogen) atoms. The van der Waals surface area contributed by atoms with Gasteiger partial charge in [0.05, 0.1) is 15.4 Å². The molecule has 1 aromatic rings. The Morgan fingerprint density at radius 2 is 2.07 bits per heavy atom. The van der Waals surface area contributed by atoms with Gasteiger partial charge in [-0.3, -0.25) is 0 Å². The van der Waals surface area contributed by atoms with Crippen LogP contribution in [0.5, 0.6) is 0 Å². The molecule has 0 aromatic heterocycles. The summed E-state index contributed by atoms with van der Waals surface area (Å²) in [5, 5.41) is 1.27. The first-order chi connectivity index (χ1) is 7.13. The van der Waals surface area contributed by atoms with Crippen LogP contribution < -0.4 is 0 Å². The quantitative estimate of drug-likeness (QED) is 0.648. The van der Waals surface area contributed by atoms with E-state index in [0.717, 1.165) is 11.5 Å². The van der Waals surface area contributed by atoms with E-state index in [0.29, 0.717) is 16.0 Å². The van der Waals surface area contributed by atoms with Crippen LogP contribution in [0, 0.1) is 11.8 Å². The van der Waals surface area contributed by atoms with Gasteiger partial charge in [-0.05, 0) is 36.0 Å². The van der Waals surface area contributed by atoms with Crippen LogP contribution >= 0.6 is 34.8 Å². The summed E-state index contributed by atoms with van der Waals surface area (Å²) >= 11 is 18.2. The molecule has 0 nitrogen and oxygen atoms in total. The van der Waals surface area contributed by atoms with Crippen molar-refractivity contribution in [1.29, 1.82) is 0 Å². The van der Waals surface area contributed by atoms with Crippen LogP contribution in [0.2, 0.25) is 10.0 Å². The molecule has 0 aliphatic heterocycles. The third-order valence-electron chi connectivity index (χ3n) is 3.14. The fraction of sp³-hybridized carbons (Fsp3) is 0.500. The molecule has 2 rings (SSSR count). The minimum Gasteiger partial charge on any atom is -0.118 e. The van der Waals surface area contributed by atoms with Crippen LogP contribution in [0.3, 0.4) is 0 Å². The maximum Gasteiger partial charge on any atom is 0.0616 e. The fourth-order valence-electron chi connectivity index (χ4n) is 2.03. The maximum atomic E-state index is 6.40. The molecular formula is C12H13Cl3. The topological polar surface area (TPSA) is 0 Å². The van der Waals surface area contributed by atoms with Gasteiger partial charge in [0.2, 0.25) is 0 Å². The second kappa shape index (κ2) is 4.53. The summed E-state index contributed by atoms with van der Waals surface area (Å²) in [5.41, 5.74) is 1.09. The second-order valence-corrected chi connectivity index (χ2v) is 5.43. The SMILES string of the molecule is CC[C@@H]1C[C@H]1C(Cl)c1ccc(Cl)c(Cl)c1. The van der Waals surface area contributed by atoms with Crippen LogP contribution in [0.25, 0.3) is 0 Å². The molecule has 0 saturated heterocycles. The van der Waals surface area contributed by atoms with Crippen LogP contribution in [-0.4, -0.2) is 0 Å². The molecule has 0 spiro atoms. The van der Waals surface area contributed by atoms with E-state index in [2.05, 4.69) is 6.92 Å². The zero-order chi connectivity index (χ0) is 11.0. The molecule has 1 saturated carbocycles. The van der Waals surface area contributed by atoms with E-state index >= 15 is 0 Å². The lowest BCUT2D eigenvalue weighted by Crippen LogP contribution is -1.95. The monoisotopic (exact) mass is 262 g/mol. The highest BCUT2D eigenvalue weighted by Crippen LogP contribution is 2.52. The number of hydrogen-bond donors (Lipinski definition) is 0. The minimum absolute atomic E-state index is 0.0877. The fourth-order valence-corrected chi connectivity index (χ4v) is 2.78. The van der Waals surface area contributed by atoms with Crippen LogP contribution in [0.4, 0.5) is 0 Å². The van der Waals surface area contributed by atoms with Gasteiger partial charge in [0.1, 0.15) is 0 Å². The number of alkyl halides is 1. The number of benzene rings is 1. The summed E-state index contributed by atoms with van der Waals surface area (Å²) in [6.07, 6.45) is 2.46. The van der Waals surface area contributed by atoms with E-state index in [1.807, 2.05) is 18.2 Å². The molecule has 3 heteroatoms. The van der Waals surface area contributed by atoms with Crippen molar-refractivity contribution in [3.05, 3.63) is 33.8 Å². The van der Waals surface area contributed by atoms with Gasteiger partial charge in [0, 0.05) is 0 Å². The highest BCUT2D eigenvalue weighted by Gasteiger charge is 2.41. The van der Waals surface area contributed by atoms with Crippen molar-refractivity contribution in [2.24, 2.45) is 11.8 Å². The molecule has 82 valence electrons. The van der Waals surface area contributed by atoms with Gasteiger partial charge in [0.15, 0.2) is 0 Å². The summed E-state index contributed by atoms with van der Waals surface area (Å²) in [5.74, 6) is 1.41. The molecular weight excluding hydrogens is 250 g/mol. The molecule has 1 fully saturated rings. The van der Waals surface area contributed by atoms with Gasteiger partial charge >= 0.3 is 0 Å². The predicted octanol–water partition coefficient (Wildman–Crippen LogP) is 5.32. The molecule has 0 heterocycles. The normalized spacial score (nSPS) is 26.4. The Kier molecular flexibility index (Phi) is 3.49. The molecule has 1 aliphatic carbocycles. The summed E-state index contributed by atoms with van der Waals surface area (Å²) in [4.78, 5) is 0. The van der Waals surface area contributed by atoms with Crippen LogP contribution in [0.15, 0.2) is 18.2 Å². The molecule has 1 aliphatic rings. The van der Waals surface area contributed by atoms with Crippen molar-refractivity contribution in [3.63, 3.8) is 0 Å². The summed E-state index contributed by atoms with van der Waals surface area (Å²) in [6, 6.07) is 5.67. The van der Waals surface area contributed by atoms with E-state index < -0.39 is 0 Å². The first kappa shape index (κ1) is 11.6. The highest BCUT2D eigenvalue weighted by molar-refractivity contribution is 6.42. The summed E-state index contributed by atoms with van der Waals surface area (Å²) in [7, 11) is 0. The summed E-state index contributed by atoms with van der Waals surface area (Å²) < 4.78 is 0. The van der Waals surface area contributed by atoms with Gasteiger partial charge in [-0.1, -0.05) is 42.6 Å². The van der Waals surface area contributed by atoms with Crippen LogP contribution in [-0.2, 0) is 0 Å². The summed E-state index contributed by atoms with van der Waals surface area (Å²) in [6.45, 7) is 2.21. The Labute approximate surface area is 106 Å². The van der Waals surface area contributed by atoms with Crippen molar-refractivity contribution in [1.82, 2.24) is 0 Å². The number of rotatable bonds is 3. The van der Waals surface area contributed by atoms with Gasteiger partial charge in [-0.25, -0.2) is 0 Å². The Hall–Kier alpha value is 0.0900. The van der Waals surface area contributed by atoms with E-state index in [1.165, 1.54) is 12.8 Å². The molecule has 0 radical (unpaired) electrons. The van der Waals surface area contributed by atoms with Gasteiger partial charge in [-0.15, -0.1) is 11.6 Å². The van der Waals surface area contributed by atoms with Crippen molar-refractivity contribution in [2.75, 3.05) is 0 Å². The van der Waals surface area contributed by atoms with Gasteiger partial charge in [0.25, 0.3) is 0 Å². The lowest BCUT2D eigenvalue weighted by atomic mass is 10.1. The van der Waals surface area contributed by atoms with Crippen molar-refractivity contribution >= 4 is 34.8 Å². The van der Waals surface area contributed by atoms with Crippen molar-refractivity contribution in [2.45, 2.75) is 25.1 Å². The average molecular weight is 264 g/mol. The van der Waals surface area contributed by atoms with E-state index in [1.54, 1.807) is 0 Å². The maximum absolute atomic E-state index is 6.40. The van der Waals surface area contributed by atoms with E-state index in [9.17, 15) is 0 Å². The standard InChI is InChI=1S/C12H13Cl3/c1-2-7-5-9(7)12(15)8-3-4-10(13)11(14)6-8/h3-4,6-7,9,12H,2,5H2,1H3/t7-,9-,12?/m1/s1. The smallest absolute Gasteiger partial charge is 0.0616 e. The molecule has 1 aromatic carbocycles. The highest BCUT2D eigenvalue weighted by atomic mass is 35.5. The van der Waals surface area contributed by atoms with Crippen molar-refractivity contribution in [3.8, 4) is 0 Å². The third-order valence-corrected chi connectivity index (χ3v) is 4.45. The zero-order valence-electron chi connectivity index (χ0n) is 8.51. The first-order valence-electron chi connectivity index (χ1n) is 5.22. The Morgan fingerprint density at radius 3 is 2.60 bits per heavy atom. The first-order valence-corrected chi connectivity index (χ1v) is 6.41. The Morgan fingerprint density at radius 1 is 1.33 bits per heavy atom. The zero-order valence-corrected chi connectivity index (χ0v) is 10.8. The van der Waals surface area contributed by atoms with Crippen LogP contribution in [0.1, 0.15) is 30.7 Å². The molecule has 1 unspecified atom stereocenters. The Bertz CT molecular complexity index is 362. The van der Waals surface area contributed by atoms with Gasteiger partial charge in [-0.2, -0.15) is 0 Å². The third kappa shape index (κ3) is 2.43. The van der Waals surface area contributed by atoms with Gasteiger partial charge < -0.3 is 0 Å².